The summed E-state index contributed by atoms with van der Waals surface area (Å²) in [4.78, 5) is 0. The zero-order valence-corrected chi connectivity index (χ0v) is 9.71. The third kappa shape index (κ3) is 2.59. The van der Waals surface area contributed by atoms with Crippen molar-refractivity contribution in [1.82, 2.24) is 15.5 Å². The molecule has 1 saturated carbocycles. The van der Waals surface area contributed by atoms with Crippen molar-refractivity contribution in [3.05, 3.63) is 17.5 Å². The van der Waals surface area contributed by atoms with Crippen molar-refractivity contribution in [3.63, 3.8) is 0 Å². The van der Waals surface area contributed by atoms with E-state index in [-0.39, 0.29) is 0 Å². The lowest BCUT2D eigenvalue weighted by Crippen LogP contribution is -2.24. The van der Waals surface area contributed by atoms with Crippen LogP contribution in [-0.2, 0) is 6.54 Å². The fourth-order valence-corrected chi connectivity index (χ4v) is 2.47. The third-order valence-electron chi connectivity index (χ3n) is 3.70. The maximum Gasteiger partial charge on any atom is 0.0535 e. The largest absolute Gasteiger partial charge is 0.312 e. The molecule has 2 rings (SSSR count). The van der Waals surface area contributed by atoms with Crippen molar-refractivity contribution < 1.29 is 0 Å². The van der Waals surface area contributed by atoms with Crippen LogP contribution in [0.3, 0.4) is 0 Å². The van der Waals surface area contributed by atoms with Crippen LogP contribution in [0.15, 0.2) is 6.20 Å². The Morgan fingerprint density at radius 3 is 3.00 bits per heavy atom. The van der Waals surface area contributed by atoms with Gasteiger partial charge in [-0.15, -0.1) is 0 Å². The molecule has 1 aromatic heterocycles. The predicted molar refractivity (Wildman–Crippen MR) is 61.5 cm³/mol. The molecule has 1 fully saturated rings. The number of rotatable bonds is 4. The summed E-state index contributed by atoms with van der Waals surface area (Å²) in [6.45, 7) is 6.56. The second kappa shape index (κ2) is 4.79. The van der Waals surface area contributed by atoms with Gasteiger partial charge in [0.05, 0.1) is 6.20 Å². The molecule has 0 radical (unpaired) electrons. The van der Waals surface area contributed by atoms with Crippen molar-refractivity contribution >= 4 is 0 Å². The maximum absolute atomic E-state index is 4.02. The van der Waals surface area contributed by atoms with Crippen LogP contribution in [0.2, 0.25) is 0 Å². The molecule has 0 aromatic carbocycles. The molecule has 0 amide bonds. The number of aryl methyl sites for hydroxylation is 1. The van der Waals surface area contributed by atoms with Gasteiger partial charge in [0.25, 0.3) is 0 Å². The molecule has 1 aliphatic carbocycles. The highest BCUT2D eigenvalue weighted by Gasteiger charge is 2.22. The van der Waals surface area contributed by atoms with Gasteiger partial charge in [-0.25, -0.2) is 0 Å². The first-order valence-corrected chi connectivity index (χ1v) is 5.97. The molecule has 1 aliphatic rings. The summed E-state index contributed by atoms with van der Waals surface area (Å²) in [6.07, 6.45) is 6.15. The van der Waals surface area contributed by atoms with Gasteiger partial charge >= 0.3 is 0 Å². The van der Waals surface area contributed by atoms with Crippen molar-refractivity contribution in [1.29, 1.82) is 0 Å². The Balaban J connectivity index is 1.73. The van der Waals surface area contributed by atoms with E-state index in [0.717, 1.165) is 24.9 Å². The van der Waals surface area contributed by atoms with Crippen molar-refractivity contribution in [2.75, 3.05) is 6.54 Å². The van der Waals surface area contributed by atoms with Crippen molar-refractivity contribution in [2.24, 2.45) is 11.8 Å². The number of nitrogens with one attached hydrogen (secondary N) is 2. The Hall–Kier alpha value is -0.830. The smallest absolute Gasteiger partial charge is 0.0535 e. The van der Waals surface area contributed by atoms with Gasteiger partial charge in [-0.1, -0.05) is 19.8 Å². The Bertz CT molecular complexity index is 306. The first-order valence-electron chi connectivity index (χ1n) is 5.97. The minimum absolute atomic E-state index is 0.886. The number of aromatic nitrogens is 2. The van der Waals surface area contributed by atoms with Gasteiger partial charge < -0.3 is 5.32 Å². The van der Waals surface area contributed by atoms with Crippen molar-refractivity contribution in [2.45, 2.75) is 39.7 Å². The van der Waals surface area contributed by atoms with Crippen LogP contribution < -0.4 is 5.32 Å². The molecule has 1 heterocycles. The molecule has 0 aliphatic heterocycles. The highest BCUT2D eigenvalue weighted by atomic mass is 15.1. The second-order valence-corrected chi connectivity index (χ2v) is 4.82. The normalized spacial score (nSPS) is 26.0. The van der Waals surface area contributed by atoms with E-state index in [0.29, 0.717) is 0 Å². The first-order chi connectivity index (χ1) is 7.27. The van der Waals surface area contributed by atoms with Crippen molar-refractivity contribution in [3.8, 4) is 0 Å². The summed E-state index contributed by atoms with van der Waals surface area (Å²) in [5, 5.41) is 10.5. The summed E-state index contributed by atoms with van der Waals surface area (Å²) in [5.74, 6) is 1.79. The van der Waals surface area contributed by atoms with E-state index >= 15 is 0 Å². The minimum atomic E-state index is 0.886. The molecule has 0 saturated heterocycles. The average Bonchev–Trinajstić information content (AvgIpc) is 2.78. The van der Waals surface area contributed by atoms with Gasteiger partial charge in [0, 0.05) is 17.8 Å². The van der Waals surface area contributed by atoms with Gasteiger partial charge in [0.1, 0.15) is 0 Å². The SMILES string of the molecule is Cc1[nH]ncc1CNCC1CCCC1C. The second-order valence-electron chi connectivity index (χ2n) is 4.82. The average molecular weight is 207 g/mol. The number of aromatic amines is 1. The van der Waals surface area contributed by atoms with Gasteiger partial charge in [-0.2, -0.15) is 5.10 Å². The summed E-state index contributed by atoms with van der Waals surface area (Å²) < 4.78 is 0. The fourth-order valence-electron chi connectivity index (χ4n) is 2.47. The van der Waals surface area contributed by atoms with Gasteiger partial charge in [0.15, 0.2) is 0 Å². The van der Waals surface area contributed by atoms with Crippen LogP contribution in [0.4, 0.5) is 0 Å². The molecule has 84 valence electrons. The van der Waals surface area contributed by atoms with Gasteiger partial charge in [0.2, 0.25) is 0 Å². The predicted octanol–water partition coefficient (Wildman–Crippen LogP) is 2.24. The Labute approximate surface area is 91.7 Å². The molecule has 2 unspecified atom stereocenters. The van der Waals surface area contributed by atoms with Crippen LogP contribution in [0.1, 0.15) is 37.4 Å². The lowest BCUT2D eigenvalue weighted by molar-refractivity contribution is 0.392. The number of hydrogen-bond acceptors (Lipinski definition) is 2. The van der Waals surface area contributed by atoms with E-state index in [1.54, 1.807) is 0 Å². The summed E-state index contributed by atoms with van der Waals surface area (Å²) in [5.41, 5.74) is 2.47. The zero-order valence-electron chi connectivity index (χ0n) is 9.71. The number of hydrogen-bond donors (Lipinski definition) is 2. The molecule has 15 heavy (non-hydrogen) atoms. The van der Waals surface area contributed by atoms with Crippen LogP contribution in [-0.4, -0.2) is 16.7 Å². The van der Waals surface area contributed by atoms with E-state index in [1.165, 1.54) is 30.5 Å². The summed E-state index contributed by atoms with van der Waals surface area (Å²) in [7, 11) is 0. The summed E-state index contributed by atoms with van der Waals surface area (Å²) >= 11 is 0. The van der Waals surface area contributed by atoms with Gasteiger partial charge in [-0.05, 0) is 31.7 Å². The molecule has 3 heteroatoms. The Morgan fingerprint density at radius 2 is 2.40 bits per heavy atom. The molecule has 3 nitrogen and oxygen atoms in total. The molecule has 2 N–H and O–H groups in total. The van der Waals surface area contributed by atoms with Gasteiger partial charge in [-0.3, -0.25) is 5.10 Å². The zero-order chi connectivity index (χ0) is 10.7. The highest BCUT2D eigenvalue weighted by Crippen LogP contribution is 2.30. The molecular weight excluding hydrogens is 186 g/mol. The lowest BCUT2D eigenvalue weighted by Gasteiger charge is -2.15. The Kier molecular flexibility index (Phi) is 3.41. The topological polar surface area (TPSA) is 40.7 Å². The van der Waals surface area contributed by atoms with E-state index in [1.807, 2.05) is 6.20 Å². The third-order valence-corrected chi connectivity index (χ3v) is 3.70. The van der Waals surface area contributed by atoms with Crippen LogP contribution in [0, 0.1) is 18.8 Å². The standard InChI is InChI=1S/C12H21N3/c1-9-4-3-5-11(9)6-13-7-12-8-14-15-10(12)2/h8-9,11,13H,3-7H2,1-2H3,(H,14,15). The molecule has 2 atom stereocenters. The monoisotopic (exact) mass is 207 g/mol. The number of nitrogens with zero attached hydrogens (tertiary/aromatic N) is 1. The first kappa shape index (κ1) is 10.7. The molecule has 0 bridgehead atoms. The highest BCUT2D eigenvalue weighted by molar-refractivity contribution is 5.13. The van der Waals surface area contributed by atoms with Crippen LogP contribution in [0.5, 0.6) is 0 Å². The number of H-pyrrole nitrogens is 1. The quantitative estimate of drug-likeness (QED) is 0.795. The van der Waals surface area contributed by atoms with E-state index in [9.17, 15) is 0 Å². The fraction of sp³-hybridized carbons (Fsp3) is 0.750. The van der Waals surface area contributed by atoms with Crippen LogP contribution >= 0.6 is 0 Å². The lowest BCUT2D eigenvalue weighted by atomic mass is 9.98. The van der Waals surface area contributed by atoms with E-state index in [4.69, 9.17) is 0 Å². The molecular formula is C12H21N3. The molecule has 0 spiro atoms. The molecule has 1 aromatic rings. The minimum Gasteiger partial charge on any atom is -0.312 e. The van der Waals surface area contributed by atoms with E-state index in [2.05, 4.69) is 29.4 Å². The maximum atomic E-state index is 4.02. The Morgan fingerprint density at radius 1 is 1.53 bits per heavy atom. The summed E-state index contributed by atoms with van der Waals surface area (Å²) in [6, 6.07) is 0. The van der Waals surface area contributed by atoms with Crippen LogP contribution in [0.25, 0.3) is 0 Å². The van der Waals surface area contributed by atoms with E-state index < -0.39 is 0 Å².